The first-order chi connectivity index (χ1) is 47.0. The number of esters is 2. The van der Waals surface area contributed by atoms with Gasteiger partial charge in [0.2, 0.25) is 0 Å². The average Bonchev–Trinajstić information content (AvgIpc) is 1.98. The van der Waals surface area contributed by atoms with Crippen molar-refractivity contribution in [1.82, 2.24) is 0 Å². The van der Waals surface area contributed by atoms with E-state index in [1.807, 2.05) is 21.1 Å². The van der Waals surface area contributed by atoms with Crippen LogP contribution in [0.4, 0.5) is 0 Å². The molecule has 0 aromatic carbocycles. The summed E-state index contributed by atoms with van der Waals surface area (Å²) in [5.41, 5.74) is 0. The number of rotatable bonds is 76. The smallest absolute Gasteiger partial charge is 0.462 e. The van der Waals surface area contributed by atoms with E-state index in [4.69, 9.17) is 18.5 Å². The van der Waals surface area contributed by atoms with Crippen molar-refractivity contribution in [2.24, 2.45) is 0 Å². The van der Waals surface area contributed by atoms with Crippen LogP contribution in [0, 0.1) is 0 Å². The molecule has 1 N–H and O–H groups in total. The molecule has 558 valence electrons. The standard InChI is InChI=1S/C86H156NO8P/c1-6-8-10-12-14-16-18-20-22-24-26-28-30-32-34-36-38-40-41-42-43-44-45-47-49-51-53-55-57-59-61-63-65-67-69-71-73-75-77-79-86(89)95-84(83-94-96(90,91)93-81-80-87(3,4)5)82-92-85(88)78-76-74-72-70-68-66-64-62-60-58-56-54-52-50-48-46-39-37-35-33-31-29-27-25-23-21-19-17-15-13-11-9-7-2/h8,10,14,16,19-22,25-28,32,34,38,40,84H,6-7,9,11-13,15,17-18,23-24,29-31,33,35-37,39,41-83H2,1-5H3/p+1/b10-8-,16-14-,21-19-,22-20-,27-25-,28-26-,34-32-,40-38-. The molecule has 0 aromatic rings. The molecular formula is C86H157NO8P+. The van der Waals surface area contributed by atoms with E-state index in [9.17, 15) is 19.0 Å². The van der Waals surface area contributed by atoms with Crippen molar-refractivity contribution in [1.29, 1.82) is 0 Å². The molecule has 0 amide bonds. The van der Waals surface area contributed by atoms with Crippen molar-refractivity contribution < 1.29 is 42.1 Å². The van der Waals surface area contributed by atoms with Gasteiger partial charge in [0, 0.05) is 12.8 Å². The summed E-state index contributed by atoms with van der Waals surface area (Å²) in [6, 6.07) is 0. The molecule has 0 saturated carbocycles. The minimum Gasteiger partial charge on any atom is -0.462 e. The third-order valence-electron chi connectivity index (χ3n) is 18.1. The number of carbonyl (C=O) groups excluding carboxylic acids is 2. The number of ether oxygens (including phenoxy) is 2. The number of unbranched alkanes of at least 4 members (excludes halogenated alkanes) is 46. The van der Waals surface area contributed by atoms with Gasteiger partial charge in [-0.25, -0.2) is 4.57 Å². The lowest BCUT2D eigenvalue weighted by Gasteiger charge is -2.24. The lowest BCUT2D eigenvalue weighted by Crippen LogP contribution is -2.37. The summed E-state index contributed by atoms with van der Waals surface area (Å²) in [6.45, 7) is 4.37. The highest BCUT2D eigenvalue weighted by molar-refractivity contribution is 7.47. The van der Waals surface area contributed by atoms with Crippen LogP contribution in [0.1, 0.15) is 386 Å². The summed E-state index contributed by atoms with van der Waals surface area (Å²) in [5, 5.41) is 0. The first-order valence-electron chi connectivity index (χ1n) is 41.0. The largest absolute Gasteiger partial charge is 0.472 e. The Bertz CT molecular complexity index is 1940. The number of carbonyl (C=O) groups is 2. The maximum atomic E-state index is 12.9. The molecule has 0 aliphatic heterocycles. The Morgan fingerprint density at radius 2 is 0.594 bits per heavy atom. The molecular weight excluding hydrogens is 1210 g/mol. The first-order valence-corrected chi connectivity index (χ1v) is 42.5. The van der Waals surface area contributed by atoms with E-state index in [1.165, 1.54) is 276 Å². The summed E-state index contributed by atoms with van der Waals surface area (Å²) in [5.74, 6) is -0.778. The van der Waals surface area contributed by atoms with Gasteiger partial charge in [0.1, 0.15) is 19.8 Å². The molecule has 10 heteroatoms. The average molecular weight is 1360 g/mol. The Morgan fingerprint density at radius 3 is 0.885 bits per heavy atom. The fraction of sp³-hybridized carbons (Fsp3) is 0.791. The number of quaternary nitrogens is 1. The minimum absolute atomic E-state index is 0.0321. The monoisotopic (exact) mass is 1360 g/mol. The highest BCUT2D eigenvalue weighted by atomic mass is 31.2. The number of likely N-dealkylation sites (N-methyl/N-ethyl adjacent to an activating group) is 1. The van der Waals surface area contributed by atoms with Gasteiger partial charge in [0.15, 0.2) is 6.10 Å². The van der Waals surface area contributed by atoms with E-state index in [0.29, 0.717) is 23.9 Å². The van der Waals surface area contributed by atoms with Crippen LogP contribution in [-0.4, -0.2) is 74.9 Å². The van der Waals surface area contributed by atoms with Gasteiger partial charge in [0.05, 0.1) is 27.7 Å². The number of nitrogens with zero attached hydrogens (tertiary/aromatic N) is 1. The second-order valence-corrected chi connectivity index (χ2v) is 30.2. The summed E-state index contributed by atoms with van der Waals surface area (Å²) in [4.78, 5) is 36.0. The Morgan fingerprint density at radius 1 is 0.333 bits per heavy atom. The van der Waals surface area contributed by atoms with Crippen molar-refractivity contribution in [2.75, 3.05) is 47.5 Å². The van der Waals surface area contributed by atoms with Gasteiger partial charge in [-0.3, -0.25) is 18.6 Å². The third-order valence-corrected chi connectivity index (χ3v) is 19.1. The Labute approximate surface area is 595 Å². The van der Waals surface area contributed by atoms with E-state index >= 15 is 0 Å². The van der Waals surface area contributed by atoms with Crippen LogP contribution in [0.15, 0.2) is 97.2 Å². The Kier molecular flexibility index (Phi) is 73.7. The molecule has 0 aliphatic rings. The Balaban J connectivity index is 3.92. The molecule has 0 aromatic heterocycles. The predicted octanol–water partition coefficient (Wildman–Crippen LogP) is 27.4. The minimum atomic E-state index is -4.40. The van der Waals surface area contributed by atoms with E-state index < -0.39 is 26.5 Å². The lowest BCUT2D eigenvalue weighted by molar-refractivity contribution is -0.870. The molecule has 0 bridgehead atoms. The summed E-state index contributed by atoms with van der Waals surface area (Å²) in [7, 11) is 1.49. The number of hydrogen-bond donors (Lipinski definition) is 1. The van der Waals surface area contributed by atoms with Crippen LogP contribution in [0.25, 0.3) is 0 Å². The molecule has 9 nitrogen and oxygen atoms in total. The van der Waals surface area contributed by atoms with Crippen LogP contribution >= 0.6 is 7.82 Å². The van der Waals surface area contributed by atoms with Crippen molar-refractivity contribution in [3.8, 4) is 0 Å². The molecule has 0 saturated heterocycles. The second-order valence-electron chi connectivity index (χ2n) is 28.8. The van der Waals surface area contributed by atoms with Crippen LogP contribution in [0.5, 0.6) is 0 Å². The number of phosphoric acid groups is 1. The molecule has 0 spiro atoms. The zero-order valence-corrected chi connectivity index (χ0v) is 64.7. The summed E-state index contributed by atoms with van der Waals surface area (Å²) < 4.78 is 34.9. The topological polar surface area (TPSA) is 108 Å². The molecule has 0 rings (SSSR count). The highest BCUT2D eigenvalue weighted by Gasteiger charge is 2.27. The molecule has 0 heterocycles. The fourth-order valence-electron chi connectivity index (χ4n) is 11.9. The van der Waals surface area contributed by atoms with Crippen LogP contribution in [0.3, 0.4) is 0 Å². The van der Waals surface area contributed by atoms with Gasteiger partial charge in [0.25, 0.3) is 0 Å². The van der Waals surface area contributed by atoms with Crippen LogP contribution in [0.2, 0.25) is 0 Å². The lowest BCUT2D eigenvalue weighted by atomic mass is 10.0. The molecule has 0 fully saturated rings. The van der Waals surface area contributed by atoms with Gasteiger partial charge in [-0.1, -0.05) is 374 Å². The number of hydrogen-bond acceptors (Lipinski definition) is 7. The molecule has 0 aliphatic carbocycles. The van der Waals surface area contributed by atoms with Crippen molar-refractivity contribution >= 4 is 19.8 Å². The van der Waals surface area contributed by atoms with E-state index in [2.05, 4.69) is 111 Å². The van der Waals surface area contributed by atoms with Gasteiger partial charge < -0.3 is 18.9 Å². The van der Waals surface area contributed by atoms with Crippen molar-refractivity contribution in [2.45, 2.75) is 392 Å². The summed E-state index contributed by atoms with van der Waals surface area (Å²) >= 11 is 0. The van der Waals surface area contributed by atoms with Gasteiger partial charge in [-0.05, 0) is 96.3 Å². The van der Waals surface area contributed by atoms with Gasteiger partial charge in [-0.2, -0.15) is 0 Å². The Hall–Kier alpha value is -3.07. The third kappa shape index (κ3) is 79.9. The fourth-order valence-corrected chi connectivity index (χ4v) is 12.6. The maximum absolute atomic E-state index is 12.9. The molecule has 0 radical (unpaired) electrons. The highest BCUT2D eigenvalue weighted by Crippen LogP contribution is 2.43. The number of allylic oxidation sites excluding steroid dienone is 16. The first kappa shape index (κ1) is 92.9. The van der Waals surface area contributed by atoms with Gasteiger partial charge in [-0.15, -0.1) is 0 Å². The van der Waals surface area contributed by atoms with E-state index in [-0.39, 0.29) is 25.6 Å². The van der Waals surface area contributed by atoms with Crippen molar-refractivity contribution in [3.63, 3.8) is 0 Å². The van der Waals surface area contributed by atoms with Crippen LogP contribution in [-0.2, 0) is 32.7 Å². The normalized spacial score (nSPS) is 13.5. The molecule has 2 atom stereocenters. The zero-order valence-electron chi connectivity index (χ0n) is 63.9. The predicted molar refractivity (Wildman–Crippen MR) is 418 cm³/mol. The SMILES string of the molecule is CC/C=C\C/C=C\C/C=C\C/C=C\C/C=C\C/C=C\CCCCCCCCCCCCCCCCCCCCCCC(=O)OC(COC(=O)CCCCCCCCCCCCCCCCCCCCCCC/C=C\C/C=C\CCCCCCC)COP(=O)(O)OCC[N+](C)(C)C. The van der Waals surface area contributed by atoms with Crippen molar-refractivity contribution in [3.05, 3.63) is 97.2 Å². The zero-order chi connectivity index (χ0) is 69.7. The quantitative estimate of drug-likeness (QED) is 0.0211. The number of phosphoric ester groups is 1. The second kappa shape index (κ2) is 76.1. The van der Waals surface area contributed by atoms with Crippen LogP contribution < -0.4 is 0 Å². The maximum Gasteiger partial charge on any atom is 0.472 e. The van der Waals surface area contributed by atoms with Gasteiger partial charge >= 0.3 is 19.8 Å². The molecule has 2 unspecified atom stereocenters. The molecule has 96 heavy (non-hydrogen) atoms. The van der Waals surface area contributed by atoms with E-state index in [1.54, 1.807) is 0 Å². The summed E-state index contributed by atoms with van der Waals surface area (Å²) in [6.07, 6.45) is 107. The van der Waals surface area contributed by atoms with E-state index in [0.717, 1.165) is 77.0 Å².